The quantitative estimate of drug-likeness (QED) is 0.627. The zero-order chi connectivity index (χ0) is 18.3. The molecule has 1 aliphatic carbocycles. The molecule has 0 atom stereocenters. The van der Waals surface area contributed by atoms with Crippen LogP contribution in [0.3, 0.4) is 0 Å². The van der Waals surface area contributed by atoms with E-state index < -0.39 is 0 Å². The van der Waals surface area contributed by atoms with Crippen LogP contribution in [0.4, 0.5) is 0 Å². The van der Waals surface area contributed by atoms with E-state index in [1.807, 2.05) is 13.1 Å². The summed E-state index contributed by atoms with van der Waals surface area (Å²) in [7, 11) is 0. The molecular formula is C24H26N2. The van der Waals surface area contributed by atoms with Crippen molar-refractivity contribution in [2.24, 2.45) is 0 Å². The first-order valence-corrected chi connectivity index (χ1v) is 9.38. The maximum Gasteiger partial charge on any atom is 0.0379 e. The summed E-state index contributed by atoms with van der Waals surface area (Å²) in [5, 5.41) is 6.05. The number of rotatable bonds is 4. The predicted octanol–water partition coefficient (Wildman–Crippen LogP) is 6.02. The Balaban J connectivity index is 1.70. The zero-order valence-corrected chi connectivity index (χ0v) is 15.9. The summed E-state index contributed by atoms with van der Waals surface area (Å²) in [5.74, 6) is 0. The molecule has 4 rings (SSSR count). The van der Waals surface area contributed by atoms with E-state index in [-0.39, 0.29) is 5.54 Å². The van der Waals surface area contributed by atoms with Crippen molar-refractivity contribution in [3.63, 3.8) is 0 Å². The Hall–Kier alpha value is -2.61. The number of benzene rings is 2. The zero-order valence-electron chi connectivity index (χ0n) is 15.9. The number of hydrogen-bond acceptors (Lipinski definition) is 2. The van der Waals surface area contributed by atoms with E-state index in [0.717, 1.165) is 11.4 Å². The minimum absolute atomic E-state index is 0.217. The van der Waals surface area contributed by atoms with Gasteiger partial charge in [0.1, 0.15) is 0 Å². The maximum absolute atomic E-state index is 4.44. The summed E-state index contributed by atoms with van der Waals surface area (Å²) in [6, 6.07) is 15.4. The number of aryl methyl sites for hydroxylation is 2. The Morgan fingerprint density at radius 3 is 2.58 bits per heavy atom. The van der Waals surface area contributed by atoms with Crippen molar-refractivity contribution in [2.45, 2.75) is 45.6 Å². The largest absolute Gasteiger partial charge is 0.380 e. The smallest absolute Gasteiger partial charge is 0.0379 e. The third-order valence-corrected chi connectivity index (χ3v) is 5.67. The second kappa shape index (κ2) is 6.28. The Labute approximate surface area is 156 Å². The summed E-state index contributed by atoms with van der Waals surface area (Å²) in [5.41, 5.74) is 7.21. The number of aromatic nitrogens is 1. The number of fused-ring (bicyclic) bond motifs is 1. The van der Waals surface area contributed by atoms with Crippen LogP contribution in [-0.4, -0.2) is 10.5 Å². The van der Waals surface area contributed by atoms with E-state index in [0.29, 0.717) is 0 Å². The summed E-state index contributed by atoms with van der Waals surface area (Å²) < 4.78 is 0. The molecule has 2 heteroatoms. The molecule has 132 valence electrons. The molecule has 2 aromatic carbocycles. The van der Waals surface area contributed by atoms with Crippen LogP contribution in [0.1, 0.15) is 43.0 Å². The van der Waals surface area contributed by atoms with E-state index in [1.54, 1.807) is 0 Å². The monoisotopic (exact) mass is 342 g/mol. The van der Waals surface area contributed by atoms with Gasteiger partial charge >= 0.3 is 0 Å². The van der Waals surface area contributed by atoms with Crippen molar-refractivity contribution < 1.29 is 0 Å². The van der Waals surface area contributed by atoms with Crippen molar-refractivity contribution in [1.29, 1.82) is 0 Å². The Bertz CT molecular complexity index is 996. The average Bonchev–Trinajstić information content (AvgIpc) is 2.60. The normalized spacial score (nSPS) is 15.5. The molecule has 2 nitrogen and oxygen atoms in total. The molecule has 0 spiro atoms. The predicted molar refractivity (Wildman–Crippen MR) is 111 cm³/mol. The molecule has 1 saturated carbocycles. The summed E-state index contributed by atoms with van der Waals surface area (Å²) in [4.78, 5) is 4.44. The summed E-state index contributed by atoms with van der Waals surface area (Å²) in [6.45, 7) is 10.8. The van der Waals surface area contributed by atoms with Crippen molar-refractivity contribution in [1.82, 2.24) is 10.3 Å². The van der Waals surface area contributed by atoms with Gasteiger partial charge in [0, 0.05) is 28.5 Å². The first-order valence-electron chi connectivity index (χ1n) is 9.38. The van der Waals surface area contributed by atoms with Crippen LogP contribution < -0.4 is 5.32 Å². The van der Waals surface area contributed by atoms with Gasteiger partial charge in [-0.3, -0.25) is 4.98 Å². The highest BCUT2D eigenvalue weighted by molar-refractivity contribution is 5.88. The molecule has 1 N–H and O–H groups in total. The SMILES string of the molecule is C=C(NC1(C)CCC1)c1ccc(C)c(-c2ccc3cc(C)ncc3c2)c1. The molecule has 0 amide bonds. The average molecular weight is 342 g/mol. The van der Waals surface area contributed by atoms with Gasteiger partial charge in [-0.25, -0.2) is 0 Å². The van der Waals surface area contributed by atoms with Gasteiger partial charge in [0.15, 0.2) is 0 Å². The third-order valence-electron chi connectivity index (χ3n) is 5.67. The van der Waals surface area contributed by atoms with Crippen LogP contribution in [0.5, 0.6) is 0 Å². The lowest BCUT2D eigenvalue weighted by Crippen LogP contribution is -2.46. The molecule has 0 bridgehead atoms. The standard InChI is InChI=1S/C24H26N2/c1-16-6-7-19(18(3)26-24(4)10-5-11-24)14-23(16)21-9-8-20-12-17(2)25-15-22(20)13-21/h6-9,12-15,26H,3,5,10-11H2,1-2,4H3. The fourth-order valence-corrected chi connectivity index (χ4v) is 3.81. The van der Waals surface area contributed by atoms with E-state index >= 15 is 0 Å². The van der Waals surface area contributed by atoms with E-state index in [4.69, 9.17) is 0 Å². The van der Waals surface area contributed by atoms with Crippen LogP contribution in [0, 0.1) is 13.8 Å². The Morgan fingerprint density at radius 2 is 1.85 bits per heavy atom. The van der Waals surface area contributed by atoms with Gasteiger partial charge in [-0.1, -0.05) is 30.8 Å². The fraction of sp³-hybridized carbons (Fsp3) is 0.292. The summed E-state index contributed by atoms with van der Waals surface area (Å²) >= 11 is 0. The molecule has 0 aliphatic heterocycles. The molecule has 1 heterocycles. The second-order valence-electron chi connectivity index (χ2n) is 7.94. The number of nitrogens with zero attached hydrogens (tertiary/aromatic N) is 1. The van der Waals surface area contributed by atoms with Gasteiger partial charge in [0.2, 0.25) is 0 Å². The molecule has 0 radical (unpaired) electrons. The van der Waals surface area contributed by atoms with Gasteiger partial charge in [0.25, 0.3) is 0 Å². The third kappa shape index (κ3) is 3.12. The van der Waals surface area contributed by atoms with Crippen LogP contribution in [0.15, 0.2) is 55.2 Å². The van der Waals surface area contributed by atoms with Gasteiger partial charge in [0.05, 0.1) is 0 Å². The lowest BCUT2D eigenvalue weighted by Gasteiger charge is -2.40. The maximum atomic E-state index is 4.44. The van der Waals surface area contributed by atoms with Crippen LogP contribution in [0.2, 0.25) is 0 Å². The van der Waals surface area contributed by atoms with Gasteiger partial charge in [-0.05, 0) is 85.9 Å². The minimum atomic E-state index is 0.217. The van der Waals surface area contributed by atoms with Crippen molar-refractivity contribution in [2.75, 3.05) is 0 Å². The first kappa shape index (κ1) is 16.8. The lowest BCUT2D eigenvalue weighted by molar-refractivity contribution is 0.239. The molecule has 0 unspecified atom stereocenters. The number of pyridine rings is 1. The van der Waals surface area contributed by atoms with Gasteiger partial charge < -0.3 is 5.32 Å². The summed E-state index contributed by atoms with van der Waals surface area (Å²) in [6.07, 6.45) is 5.72. The van der Waals surface area contributed by atoms with Gasteiger partial charge in [-0.2, -0.15) is 0 Å². The Kier molecular flexibility index (Phi) is 4.07. The van der Waals surface area contributed by atoms with Gasteiger partial charge in [-0.15, -0.1) is 0 Å². The Morgan fingerprint density at radius 1 is 1.04 bits per heavy atom. The number of hydrogen-bond donors (Lipinski definition) is 1. The molecule has 26 heavy (non-hydrogen) atoms. The molecule has 1 fully saturated rings. The van der Waals surface area contributed by atoms with E-state index in [2.05, 4.69) is 73.2 Å². The first-order chi connectivity index (χ1) is 12.4. The van der Waals surface area contributed by atoms with Crippen LogP contribution in [0.25, 0.3) is 27.6 Å². The molecule has 1 aliphatic rings. The van der Waals surface area contributed by atoms with Crippen LogP contribution >= 0.6 is 0 Å². The molecule has 1 aromatic heterocycles. The van der Waals surface area contributed by atoms with Crippen molar-refractivity contribution >= 4 is 16.5 Å². The highest BCUT2D eigenvalue weighted by atomic mass is 15.0. The van der Waals surface area contributed by atoms with Crippen molar-refractivity contribution in [3.05, 3.63) is 72.1 Å². The fourth-order valence-electron chi connectivity index (χ4n) is 3.81. The molecular weight excluding hydrogens is 316 g/mol. The molecule has 3 aromatic rings. The lowest BCUT2D eigenvalue weighted by atomic mass is 9.78. The minimum Gasteiger partial charge on any atom is -0.380 e. The van der Waals surface area contributed by atoms with Crippen molar-refractivity contribution in [3.8, 4) is 11.1 Å². The highest BCUT2D eigenvalue weighted by Gasteiger charge is 2.31. The molecule has 0 saturated heterocycles. The van der Waals surface area contributed by atoms with Crippen LogP contribution in [-0.2, 0) is 0 Å². The van der Waals surface area contributed by atoms with E-state index in [1.165, 1.54) is 52.3 Å². The van der Waals surface area contributed by atoms with E-state index in [9.17, 15) is 0 Å². The topological polar surface area (TPSA) is 24.9 Å². The highest BCUT2D eigenvalue weighted by Crippen LogP contribution is 2.34. The number of nitrogens with one attached hydrogen (secondary N) is 1. The second-order valence-corrected chi connectivity index (χ2v) is 7.94.